The van der Waals surface area contributed by atoms with Crippen molar-refractivity contribution in [1.82, 2.24) is 9.80 Å². The number of carbonyl (C=O) groups is 1. The Morgan fingerprint density at radius 2 is 1.77 bits per heavy atom. The molecule has 1 aliphatic heterocycles. The van der Waals surface area contributed by atoms with Gasteiger partial charge in [0.05, 0.1) is 6.54 Å². The van der Waals surface area contributed by atoms with E-state index in [4.69, 9.17) is 0 Å². The molecule has 1 N–H and O–H groups in total. The summed E-state index contributed by atoms with van der Waals surface area (Å²) >= 11 is 3.41. The van der Waals surface area contributed by atoms with Crippen LogP contribution in [0.4, 0.5) is 10.1 Å². The normalized spacial score (nSPS) is 16.2. The molecule has 0 atom stereocenters. The number of hydrogen-bond acceptors (Lipinski definition) is 3. The molecular formula is C20H23BrFN3O. The zero-order chi connectivity index (χ0) is 18.4. The molecule has 0 spiro atoms. The number of nitrogens with one attached hydrogen (secondary N) is 1. The van der Waals surface area contributed by atoms with Crippen LogP contribution in [-0.4, -0.2) is 48.4 Å². The number of hydrogen-bond donors (Lipinski definition) is 1. The van der Waals surface area contributed by atoms with Gasteiger partial charge in [0.2, 0.25) is 5.91 Å². The van der Waals surface area contributed by atoms with Crippen LogP contribution in [0.3, 0.4) is 0 Å². The smallest absolute Gasteiger partial charge is 0.238 e. The largest absolute Gasteiger partial charge is 0.325 e. The first kappa shape index (κ1) is 19.0. The maximum Gasteiger partial charge on any atom is 0.238 e. The Kier molecular flexibility index (Phi) is 6.77. The van der Waals surface area contributed by atoms with E-state index in [0.29, 0.717) is 6.54 Å². The van der Waals surface area contributed by atoms with E-state index < -0.39 is 0 Å². The van der Waals surface area contributed by atoms with Gasteiger partial charge >= 0.3 is 0 Å². The lowest BCUT2D eigenvalue weighted by atomic mass is 10.2. The van der Waals surface area contributed by atoms with Crippen LogP contribution in [-0.2, 0) is 11.3 Å². The van der Waals surface area contributed by atoms with Crippen molar-refractivity contribution in [2.45, 2.75) is 13.0 Å². The topological polar surface area (TPSA) is 35.6 Å². The lowest BCUT2D eigenvalue weighted by Gasteiger charge is -2.21. The third kappa shape index (κ3) is 5.90. The molecule has 1 amide bonds. The average molecular weight is 420 g/mol. The molecule has 1 aliphatic rings. The van der Waals surface area contributed by atoms with Gasteiger partial charge in [-0.05, 0) is 55.4 Å². The van der Waals surface area contributed by atoms with Gasteiger partial charge in [0.15, 0.2) is 0 Å². The molecule has 1 saturated heterocycles. The molecule has 0 unspecified atom stereocenters. The lowest BCUT2D eigenvalue weighted by Crippen LogP contribution is -2.36. The Bertz CT molecular complexity index is 738. The van der Waals surface area contributed by atoms with Gasteiger partial charge in [0, 0.05) is 29.8 Å². The quantitative estimate of drug-likeness (QED) is 0.801. The summed E-state index contributed by atoms with van der Waals surface area (Å²) < 4.78 is 14.0. The van der Waals surface area contributed by atoms with Crippen LogP contribution in [0.15, 0.2) is 53.0 Å². The molecule has 6 heteroatoms. The highest BCUT2D eigenvalue weighted by Crippen LogP contribution is 2.16. The van der Waals surface area contributed by atoms with Crippen molar-refractivity contribution < 1.29 is 9.18 Å². The average Bonchev–Trinajstić information content (AvgIpc) is 2.82. The molecule has 0 aromatic heterocycles. The van der Waals surface area contributed by atoms with E-state index in [1.165, 1.54) is 12.1 Å². The van der Waals surface area contributed by atoms with Gasteiger partial charge in [-0.2, -0.15) is 0 Å². The highest BCUT2D eigenvalue weighted by atomic mass is 79.9. The molecule has 0 saturated carbocycles. The maximum absolute atomic E-state index is 13.0. The minimum Gasteiger partial charge on any atom is -0.325 e. The second-order valence-electron chi connectivity index (χ2n) is 6.59. The summed E-state index contributed by atoms with van der Waals surface area (Å²) in [7, 11) is 0. The number of carbonyl (C=O) groups excluding carboxylic acids is 1. The van der Waals surface area contributed by atoms with Crippen LogP contribution < -0.4 is 5.32 Å². The van der Waals surface area contributed by atoms with Crippen molar-refractivity contribution in [3.63, 3.8) is 0 Å². The lowest BCUT2D eigenvalue weighted by molar-refractivity contribution is -0.117. The molecule has 138 valence electrons. The van der Waals surface area contributed by atoms with Gasteiger partial charge in [-0.3, -0.25) is 14.6 Å². The predicted octanol–water partition coefficient (Wildman–Crippen LogP) is 3.73. The van der Waals surface area contributed by atoms with Crippen molar-refractivity contribution in [2.75, 3.05) is 38.0 Å². The van der Waals surface area contributed by atoms with Crippen LogP contribution in [0.1, 0.15) is 12.0 Å². The third-order valence-corrected chi connectivity index (χ3v) is 4.97. The van der Waals surface area contributed by atoms with Crippen molar-refractivity contribution in [3.8, 4) is 0 Å². The summed E-state index contributed by atoms with van der Waals surface area (Å²) in [6.07, 6.45) is 1.02. The van der Waals surface area contributed by atoms with Gasteiger partial charge in [0.25, 0.3) is 0 Å². The molecule has 2 aromatic carbocycles. The zero-order valence-electron chi connectivity index (χ0n) is 14.6. The van der Waals surface area contributed by atoms with Crippen molar-refractivity contribution in [1.29, 1.82) is 0 Å². The molecule has 1 heterocycles. The van der Waals surface area contributed by atoms with Crippen molar-refractivity contribution in [3.05, 3.63) is 64.4 Å². The SMILES string of the molecule is O=C(CN1CCCN(Cc2ccc(F)cc2)CC1)Nc1cccc(Br)c1. The number of benzene rings is 2. The first-order valence-electron chi connectivity index (χ1n) is 8.83. The zero-order valence-corrected chi connectivity index (χ0v) is 16.2. The fourth-order valence-electron chi connectivity index (χ4n) is 3.16. The number of halogens is 2. The van der Waals surface area contributed by atoms with Crippen molar-refractivity contribution >= 4 is 27.5 Å². The molecule has 0 bridgehead atoms. The molecule has 26 heavy (non-hydrogen) atoms. The molecule has 0 aliphatic carbocycles. The minimum atomic E-state index is -0.202. The minimum absolute atomic E-state index is 0.00934. The Morgan fingerprint density at radius 3 is 2.54 bits per heavy atom. The van der Waals surface area contributed by atoms with Gasteiger partial charge < -0.3 is 5.32 Å². The van der Waals surface area contributed by atoms with Crippen LogP contribution in [0.2, 0.25) is 0 Å². The second kappa shape index (κ2) is 9.26. The highest BCUT2D eigenvalue weighted by Gasteiger charge is 2.17. The van der Waals surface area contributed by atoms with Crippen LogP contribution in [0.5, 0.6) is 0 Å². The highest BCUT2D eigenvalue weighted by molar-refractivity contribution is 9.10. The summed E-state index contributed by atoms with van der Waals surface area (Å²) in [5, 5.41) is 2.95. The van der Waals surface area contributed by atoms with Crippen LogP contribution >= 0.6 is 15.9 Å². The molecular weight excluding hydrogens is 397 g/mol. The summed E-state index contributed by atoms with van der Waals surface area (Å²) in [4.78, 5) is 16.8. The first-order valence-corrected chi connectivity index (χ1v) is 9.62. The summed E-state index contributed by atoms with van der Waals surface area (Å²) in [6, 6.07) is 14.3. The second-order valence-corrected chi connectivity index (χ2v) is 7.51. The third-order valence-electron chi connectivity index (χ3n) is 4.48. The fraction of sp³-hybridized carbons (Fsp3) is 0.350. The fourth-order valence-corrected chi connectivity index (χ4v) is 3.56. The molecule has 0 radical (unpaired) electrons. The maximum atomic E-state index is 13.0. The monoisotopic (exact) mass is 419 g/mol. The predicted molar refractivity (Wildman–Crippen MR) is 106 cm³/mol. The number of amides is 1. The van der Waals surface area contributed by atoms with Gasteiger partial charge in [0.1, 0.15) is 5.82 Å². The number of nitrogens with zero attached hydrogens (tertiary/aromatic N) is 2. The summed E-state index contributed by atoms with van der Waals surface area (Å²) in [5.74, 6) is -0.192. The molecule has 2 aromatic rings. The summed E-state index contributed by atoms with van der Waals surface area (Å²) in [5.41, 5.74) is 1.92. The number of rotatable bonds is 5. The Morgan fingerprint density at radius 1 is 1.04 bits per heavy atom. The Labute approximate surface area is 162 Å². The van der Waals surface area contributed by atoms with Gasteiger partial charge in [-0.25, -0.2) is 4.39 Å². The first-order chi connectivity index (χ1) is 12.6. The standard InChI is InChI=1S/C20H23BrFN3O/c21-17-3-1-4-19(13-17)23-20(26)15-25-10-2-9-24(11-12-25)14-16-5-7-18(22)8-6-16/h1,3-8,13H,2,9-12,14-15H2,(H,23,26). The van der Waals surface area contributed by atoms with Crippen LogP contribution in [0, 0.1) is 5.82 Å². The van der Waals surface area contributed by atoms with E-state index in [9.17, 15) is 9.18 Å². The number of anilines is 1. The Hall–Kier alpha value is -1.76. The van der Waals surface area contributed by atoms with E-state index >= 15 is 0 Å². The van der Waals surface area contributed by atoms with Gasteiger partial charge in [-0.1, -0.05) is 34.1 Å². The van der Waals surface area contributed by atoms with E-state index in [0.717, 1.165) is 54.9 Å². The van der Waals surface area contributed by atoms with Crippen LogP contribution in [0.25, 0.3) is 0 Å². The molecule has 1 fully saturated rings. The van der Waals surface area contributed by atoms with E-state index in [1.807, 2.05) is 36.4 Å². The van der Waals surface area contributed by atoms with E-state index in [2.05, 4.69) is 31.0 Å². The summed E-state index contributed by atoms with van der Waals surface area (Å²) in [6.45, 7) is 4.87. The molecule has 3 rings (SSSR count). The van der Waals surface area contributed by atoms with E-state index in [-0.39, 0.29) is 11.7 Å². The van der Waals surface area contributed by atoms with Crippen molar-refractivity contribution in [2.24, 2.45) is 0 Å². The van der Waals surface area contributed by atoms with E-state index in [1.54, 1.807) is 0 Å². The Balaban J connectivity index is 1.47. The van der Waals surface area contributed by atoms with Gasteiger partial charge in [-0.15, -0.1) is 0 Å². The molecule has 4 nitrogen and oxygen atoms in total.